The number of nitrogen functional groups attached to an aromatic ring is 1. The van der Waals surface area contributed by atoms with E-state index >= 15 is 0 Å². The molecule has 4 nitrogen and oxygen atoms in total. The van der Waals surface area contributed by atoms with Crippen LogP contribution in [0, 0.1) is 0 Å². The van der Waals surface area contributed by atoms with Crippen LogP contribution in [0.1, 0.15) is 10.4 Å². The molecule has 15 heavy (non-hydrogen) atoms. The minimum Gasteiger partial charge on any atom is -0.465 e. The summed E-state index contributed by atoms with van der Waals surface area (Å²) < 4.78 is 4.58. The molecule has 0 atom stereocenters. The Morgan fingerprint density at radius 3 is 2.47 bits per heavy atom. The maximum atomic E-state index is 11.2. The van der Waals surface area contributed by atoms with Crippen LogP contribution >= 0.6 is 11.6 Å². The summed E-state index contributed by atoms with van der Waals surface area (Å²) in [5.41, 5.74) is 7.28. The van der Waals surface area contributed by atoms with Crippen LogP contribution in [-0.2, 0) is 4.74 Å². The number of halogens is 1. The Kier molecular flexibility index (Phi) is 3.42. The Bertz CT molecular complexity index is 368. The first-order valence-electron chi connectivity index (χ1n) is 4.32. The fourth-order valence-corrected chi connectivity index (χ4v) is 1.72. The molecule has 0 unspecified atom stereocenters. The fraction of sp³-hybridized carbons (Fsp3) is 0.300. The number of ether oxygens (including phenoxy) is 1. The van der Waals surface area contributed by atoms with Crippen LogP contribution < -0.4 is 10.6 Å². The van der Waals surface area contributed by atoms with Gasteiger partial charge < -0.3 is 15.4 Å². The van der Waals surface area contributed by atoms with Crippen molar-refractivity contribution in [2.45, 2.75) is 0 Å². The SMILES string of the molecule is COC(=O)c1cc(N)c(N(C)C)c(Cl)c1. The molecule has 0 aromatic heterocycles. The quantitative estimate of drug-likeness (QED) is 0.619. The van der Waals surface area contributed by atoms with Gasteiger partial charge in [-0.2, -0.15) is 0 Å². The van der Waals surface area contributed by atoms with Gasteiger partial charge >= 0.3 is 5.97 Å². The highest BCUT2D eigenvalue weighted by molar-refractivity contribution is 6.34. The van der Waals surface area contributed by atoms with Gasteiger partial charge in [0.05, 0.1) is 29.1 Å². The van der Waals surface area contributed by atoms with Crippen molar-refractivity contribution in [2.24, 2.45) is 0 Å². The van der Waals surface area contributed by atoms with E-state index < -0.39 is 5.97 Å². The molecule has 0 spiro atoms. The first-order chi connectivity index (χ1) is 6.97. The van der Waals surface area contributed by atoms with Crippen molar-refractivity contribution in [2.75, 3.05) is 31.8 Å². The second-order valence-corrected chi connectivity index (χ2v) is 3.69. The monoisotopic (exact) mass is 228 g/mol. The average molecular weight is 229 g/mol. The molecule has 0 aliphatic rings. The second kappa shape index (κ2) is 4.40. The second-order valence-electron chi connectivity index (χ2n) is 3.28. The van der Waals surface area contributed by atoms with E-state index in [9.17, 15) is 4.79 Å². The van der Waals surface area contributed by atoms with Crippen LogP contribution in [0.15, 0.2) is 12.1 Å². The molecule has 5 heteroatoms. The normalized spacial score (nSPS) is 9.87. The molecule has 2 N–H and O–H groups in total. The highest BCUT2D eigenvalue weighted by atomic mass is 35.5. The molecule has 82 valence electrons. The summed E-state index contributed by atoms with van der Waals surface area (Å²) in [6.07, 6.45) is 0. The molecule has 0 amide bonds. The van der Waals surface area contributed by atoms with Gasteiger partial charge in [0.25, 0.3) is 0 Å². The standard InChI is InChI=1S/C10H13ClN2O2/c1-13(2)9-7(11)4-6(5-8(9)12)10(14)15-3/h4-5H,12H2,1-3H3. The van der Waals surface area contributed by atoms with Gasteiger partial charge in [0, 0.05) is 14.1 Å². The topological polar surface area (TPSA) is 55.6 Å². The van der Waals surface area contributed by atoms with Gasteiger partial charge in [-0.25, -0.2) is 4.79 Å². The maximum Gasteiger partial charge on any atom is 0.337 e. The lowest BCUT2D eigenvalue weighted by molar-refractivity contribution is 0.0601. The molecule has 0 radical (unpaired) electrons. The average Bonchev–Trinajstić information content (AvgIpc) is 2.14. The van der Waals surface area contributed by atoms with Crippen LogP contribution in [0.3, 0.4) is 0 Å². The van der Waals surface area contributed by atoms with Crippen molar-refractivity contribution < 1.29 is 9.53 Å². The molecule has 1 aromatic rings. The van der Waals surface area contributed by atoms with Crippen molar-refractivity contribution in [3.8, 4) is 0 Å². The van der Waals surface area contributed by atoms with Crippen molar-refractivity contribution >= 4 is 28.9 Å². The number of nitrogens with zero attached hydrogens (tertiary/aromatic N) is 1. The Hall–Kier alpha value is -1.42. The Labute approximate surface area is 93.6 Å². The summed E-state index contributed by atoms with van der Waals surface area (Å²) in [7, 11) is 4.97. The van der Waals surface area contributed by atoms with Gasteiger partial charge in [-0.05, 0) is 12.1 Å². The van der Waals surface area contributed by atoms with Crippen LogP contribution in [0.5, 0.6) is 0 Å². The van der Waals surface area contributed by atoms with Crippen LogP contribution in [-0.4, -0.2) is 27.2 Å². The Morgan fingerprint density at radius 1 is 1.47 bits per heavy atom. The number of rotatable bonds is 2. The minimum atomic E-state index is -0.450. The lowest BCUT2D eigenvalue weighted by Gasteiger charge is -2.17. The Balaban J connectivity index is 3.25. The molecule has 1 rings (SSSR count). The summed E-state index contributed by atoms with van der Waals surface area (Å²) in [6, 6.07) is 3.09. The molecule has 0 saturated heterocycles. The van der Waals surface area contributed by atoms with E-state index in [1.807, 2.05) is 14.1 Å². The molecule has 1 aromatic carbocycles. The van der Waals surface area contributed by atoms with Gasteiger partial charge in [-0.3, -0.25) is 0 Å². The summed E-state index contributed by atoms with van der Waals surface area (Å²) in [5.74, 6) is -0.450. The van der Waals surface area contributed by atoms with Crippen molar-refractivity contribution in [3.63, 3.8) is 0 Å². The summed E-state index contributed by atoms with van der Waals surface area (Å²) >= 11 is 6.00. The summed E-state index contributed by atoms with van der Waals surface area (Å²) in [4.78, 5) is 13.0. The first kappa shape index (κ1) is 11.7. The number of methoxy groups -OCH3 is 1. The highest BCUT2D eigenvalue weighted by Crippen LogP contribution is 2.32. The largest absolute Gasteiger partial charge is 0.465 e. The number of esters is 1. The van der Waals surface area contributed by atoms with Crippen LogP contribution in [0.2, 0.25) is 5.02 Å². The lowest BCUT2D eigenvalue weighted by atomic mass is 10.1. The van der Waals surface area contributed by atoms with Crippen molar-refractivity contribution in [1.82, 2.24) is 0 Å². The van der Waals surface area contributed by atoms with Crippen molar-refractivity contribution in [1.29, 1.82) is 0 Å². The van der Waals surface area contributed by atoms with Gasteiger partial charge in [0.15, 0.2) is 0 Å². The van der Waals surface area contributed by atoms with Gasteiger partial charge in [-0.15, -0.1) is 0 Å². The maximum absolute atomic E-state index is 11.2. The zero-order valence-electron chi connectivity index (χ0n) is 8.87. The molecule has 0 bridgehead atoms. The third-order valence-electron chi connectivity index (χ3n) is 1.96. The molecule has 0 heterocycles. The van der Waals surface area contributed by atoms with Gasteiger partial charge in [0.1, 0.15) is 0 Å². The summed E-state index contributed by atoms with van der Waals surface area (Å²) in [6.45, 7) is 0. The van der Waals surface area contributed by atoms with E-state index in [1.165, 1.54) is 7.11 Å². The van der Waals surface area contributed by atoms with E-state index in [1.54, 1.807) is 17.0 Å². The van der Waals surface area contributed by atoms with Gasteiger partial charge in [-0.1, -0.05) is 11.6 Å². The minimum absolute atomic E-state index is 0.352. The third kappa shape index (κ3) is 2.33. The van der Waals surface area contributed by atoms with E-state index in [0.29, 0.717) is 22.0 Å². The zero-order chi connectivity index (χ0) is 11.6. The predicted octanol–water partition coefficient (Wildman–Crippen LogP) is 1.77. The Morgan fingerprint density at radius 2 is 2.07 bits per heavy atom. The lowest BCUT2D eigenvalue weighted by Crippen LogP contribution is -2.13. The number of anilines is 2. The number of hydrogen-bond donors (Lipinski definition) is 1. The van der Waals surface area contributed by atoms with Crippen LogP contribution in [0.4, 0.5) is 11.4 Å². The van der Waals surface area contributed by atoms with E-state index in [2.05, 4.69) is 4.74 Å². The smallest absolute Gasteiger partial charge is 0.337 e. The van der Waals surface area contributed by atoms with E-state index in [0.717, 1.165) is 0 Å². The number of benzene rings is 1. The molecule has 0 fully saturated rings. The number of nitrogens with two attached hydrogens (primary N) is 1. The number of carbonyl (C=O) groups excluding carboxylic acids is 1. The van der Waals surface area contributed by atoms with Crippen molar-refractivity contribution in [3.05, 3.63) is 22.7 Å². The zero-order valence-corrected chi connectivity index (χ0v) is 9.63. The molecular formula is C10H13ClN2O2. The number of carbonyl (C=O) groups is 1. The fourth-order valence-electron chi connectivity index (χ4n) is 1.33. The van der Waals surface area contributed by atoms with Gasteiger partial charge in [0.2, 0.25) is 0 Å². The van der Waals surface area contributed by atoms with Crippen LogP contribution in [0.25, 0.3) is 0 Å². The van der Waals surface area contributed by atoms with E-state index in [-0.39, 0.29) is 0 Å². The molecular weight excluding hydrogens is 216 g/mol. The first-order valence-corrected chi connectivity index (χ1v) is 4.69. The van der Waals surface area contributed by atoms with E-state index in [4.69, 9.17) is 17.3 Å². The highest BCUT2D eigenvalue weighted by Gasteiger charge is 2.13. The number of hydrogen-bond acceptors (Lipinski definition) is 4. The molecule has 0 aliphatic heterocycles. The molecule has 0 saturated carbocycles. The molecule has 0 aliphatic carbocycles. The third-order valence-corrected chi connectivity index (χ3v) is 2.25. The summed E-state index contributed by atoms with van der Waals surface area (Å²) in [5, 5.41) is 0.431. The predicted molar refractivity (Wildman–Crippen MR) is 61.5 cm³/mol.